The minimum absolute atomic E-state index is 0.194. The maximum Gasteiger partial charge on any atom is 0.249 e. The number of hydrogen-bond donors (Lipinski definition) is 2. The van der Waals surface area contributed by atoms with Gasteiger partial charge in [0.05, 0.1) is 11.9 Å². The van der Waals surface area contributed by atoms with Crippen LogP contribution >= 0.6 is 0 Å². The molecule has 0 aliphatic carbocycles. The summed E-state index contributed by atoms with van der Waals surface area (Å²) in [6.45, 7) is 0. The van der Waals surface area contributed by atoms with Crippen LogP contribution in [0.15, 0.2) is 85.1 Å². The number of ether oxygens (including phenoxy) is 1. The standard InChI is InChI=1S/C21H16FN5O/c22-18-8-4-5-9-19(18)25-21-26-20(14-23-27-21)24-15-10-12-17(13-11-15)28-16-6-2-1-3-7-16/h1-14H,(H2,24,25,26,27). The van der Waals surface area contributed by atoms with Crippen LogP contribution in [0.2, 0.25) is 0 Å². The molecule has 0 unspecified atom stereocenters. The van der Waals surface area contributed by atoms with Crippen LogP contribution < -0.4 is 15.4 Å². The van der Waals surface area contributed by atoms with Crippen molar-refractivity contribution in [2.75, 3.05) is 10.6 Å². The van der Waals surface area contributed by atoms with Crippen molar-refractivity contribution in [3.8, 4) is 11.5 Å². The zero-order valence-electron chi connectivity index (χ0n) is 14.7. The van der Waals surface area contributed by atoms with Gasteiger partial charge in [0.1, 0.15) is 17.3 Å². The van der Waals surface area contributed by atoms with E-state index >= 15 is 0 Å². The molecule has 3 aromatic carbocycles. The number of halogens is 1. The van der Waals surface area contributed by atoms with Gasteiger partial charge in [-0.25, -0.2) is 4.39 Å². The maximum atomic E-state index is 13.8. The first-order valence-corrected chi connectivity index (χ1v) is 8.57. The van der Waals surface area contributed by atoms with Crippen LogP contribution in [0.5, 0.6) is 11.5 Å². The number of nitrogens with one attached hydrogen (secondary N) is 2. The molecule has 138 valence electrons. The SMILES string of the molecule is Fc1ccccc1Nc1nncc(Nc2ccc(Oc3ccccc3)cc2)n1. The van der Waals surface area contributed by atoms with Gasteiger partial charge in [-0.1, -0.05) is 30.3 Å². The second-order valence-electron chi connectivity index (χ2n) is 5.83. The largest absolute Gasteiger partial charge is 0.457 e. The molecule has 4 rings (SSSR count). The lowest BCUT2D eigenvalue weighted by atomic mass is 10.3. The molecule has 0 aliphatic heterocycles. The zero-order valence-corrected chi connectivity index (χ0v) is 14.7. The van der Waals surface area contributed by atoms with Gasteiger partial charge in [-0.3, -0.25) is 0 Å². The molecule has 0 saturated carbocycles. The highest BCUT2D eigenvalue weighted by Gasteiger charge is 2.05. The van der Waals surface area contributed by atoms with E-state index in [2.05, 4.69) is 25.8 Å². The van der Waals surface area contributed by atoms with Gasteiger partial charge in [-0.15, -0.1) is 5.10 Å². The van der Waals surface area contributed by atoms with E-state index in [1.807, 2.05) is 54.6 Å². The summed E-state index contributed by atoms with van der Waals surface area (Å²) < 4.78 is 19.5. The number of nitrogens with zero attached hydrogens (tertiary/aromatic N) is 3. The summed E-state index contributed by atoms with van der Waals surface area (Å²) in [6, 6.07) is 23.3. The van der Waals surface area contributed by atoms with Crippen LogP contribution in [0.25, 0.3) is 0 Å². The lowest BCUT2D eigenvalue weighted by molar-refractivity contribution is 0.483. The monoisotopic (exact) mass is 373 g/mol. The molecule has 0 spiro atoms. The number of hydrogen-bond acceptors (Lipinski definition) is 6. The molecule has 0 radical (unpaired) electrons. The van der Waals surface area contributed by atoms with E-state index in [-0.39, 0.29) is 11.6 Å². The molecule has 0 saturated heterocycles. The van der Waals surface area contributed by atoms with Gasteiger partial charge in [0.25, 0.3) is 0 Å². The first kappa shape index (κ1) is 17.4. The molecule has 7 heteroatoms. The molecule has 2 N–H and O–H groups in total. The van der Waals surface area contributed by atoms with E-state index in [4.69, 9.17) is 4.74 Å². The van der Waals surface area contributed by atoms with E-state index in [0.717, 1.165) is 17.2 Å². The highest BCUT2D eigenvalue weighted by Crippen LogP contribution is 2.24. The highest BCUT2D eigenvalue weighted by atomic mass is 19.1. The number of para-hydroxylation sites is 2. The quantitative estimate of drug-likeness (QED) is 0.478. The Morgan fingerprint density at radius 1 is 0.750 bits per heavy atom. The van der Waals surface area contributed by atoms with Crippen molar-refractivity contribution in [2.24, 2.45) is 0 Å². The predicted molar refractivity (Wildman–Crippen MR) is 106 cm³/mol. The van der Waals surface area contributed by atoms with Crippen molar-refractivity contribution >= 4 is 23.1 Å². The summed E-state index contributed by atoms with van der Waals surface area (Å²) in [5.74, 6) is 1.77. The zero-order chi connectivity index (χ0) is 19.2. The molecular weight excluding hydrogens is 357 g/mol. The molecule has 28 heavy (non-hydrogen) atoms. The first-order chi connectivity index (χ1) is 13.8. The summed E-state index contributed by atoms with van der Waals surface area (Å²) in [5.41, 5.74) is 1.08. The fourth-order valence-corrected chi connectivity index (χ4v) is 2.48. The molecule has 1 heterocycles. The minimum Gasteiger partial charge on any atom is -0.457 e. The molecular formula is C21H16FN5O. The van der Waals surface area contributed by atoms with Crippen LogP contribution in [-0.4, -0.2) is 15.2 Å². The third-order valence-corrected chi connectivity index (χ3v) is 3.78. The van der Waals surface area contributed by atoms with Crippen LogP contribution in [0.3, 0.4) is 0 Å². The van der Waals surface area contributed by atoms with E-state index in [1.54, 1.807) is 18.2 Å². The Labute approximate surface area is 161 Å². The number of rotatable bonds is 6. The van der Waals surface area contributed by atoms with Crippen molar-refractivity contribution < 1.29 is 9.13 Å². The second kappa shape index (κ2) is 8.13. The Kier molecular flexibility index (Phi) is 5.06. The third kappa shape index (κ3) is 4.39. The van der Waals surface area contributed by atoms with Gasteiger partial charge in [-0.2, -0.15) is 10.1 Å². The van der Waals surface area contributed by atoms with E-state index < -0.39 is 5.82 Å². The number of benzene rings is 3. The van der Waals surface area contributed by atoms with Crippen LogP contribution in [0.4, 0.5) is 27.5 Å². The van der Waals surface area contributed by atoms with Crippen LogP contribution in [0, 0.1) is 5.82 Å². The predicted octanol–water partition coefficient (Wildman–Crippen LogP) is 5.29. The highest BCUT2D eigenvalue weighted by molar-refractivity contribution is 5.59. The molecule has 0 fully saturated rings. The Bertz CT molecular complexity index is 1060. The third-order valence-electron chi connectivity index (χ3n) is 3.78. The van der Waals surface area contributed by atoms with Gasteiger partial charge in [0, 0.05) is 5.69 Å². The van der Waals surface area contributed by atoms with E-state index in [0.29, 0.717) is 5.82 Å². The fraction of sp³-hybridized carbons (Fsp3) is 0. The Morgan fingerprint density at radius 2 is 1.46 bits per heavy atom. The van der Waals surface area contributed by atoms with Crippen LogP contribution in [0.1, 0.15) is 0 Å². The molecule has 0 bridgehead atoms. The topological polar surface area (TPSA) is 72.0 Å². The first-order valence-electron chi connectivity index (χ1n) is 8.57. The molecule has 1 aromatic heterocycles. The van der Waals surface area contributed by atoms with Crippen molar-refractivity contribution in [3.63, 3.8) is 0 Å². The van der Waals surface area contributed by atoms with E-state index in [9.17, 15) is 4.39 Å². The summed E-state index contributed by atoms with van der Waals surface area (Å²) in [5, 5.41) is 13.7. The fourth-order valence-electron chi connectivity index (χ4n) is 2.48. The lowest BCUT2D eigenvalue weighted by Gasteiger charge is -2.09. The lowest BCUT2D eigenvalue weighted by Crippen LogP contribution is -2.03. The molecule has 0 atom stereocenters. The Morgan fingerprint density at radius 3 is 2.25 bits per heavy atom. The van der Waals surface area contributed by atoms with Gasteiger partial charge in [0.15, 0.2) is 5.82 Å². The normalized spacial score (nSPS) is 10.3. The summed E-state index contributed by atoms with van der Waals surface area (Å²) >= 11 is 0. The molecule has 0 aliphatic rings. The molecule has 0 amide bonds. The van der Waals surface area contributed by atoms with E-state index in [1.165, 1.54) is 12.3 Å². The van der Waals surface area contributed by atoms with Crippen LogP contribution in [-0.2, 0) is 0 Å². The smallest absolute Gasteiger partial charge is 0.249 e. The van der Waals surface area contributed by atoms with Crippen molar-refractivity contribution in [1.82, 2.24) is 15.2 Å². The maximum absolute atomic E-state index is 13.8. The van der Waals surface area contributed by atoms with Crippen molar-refractivity contribution in [2.45, 2.75) is 0 Å². The number of anilines is 4. The second-order valence-corrected chi connectivity index (χ2v) is 5.83. The number of aromatic nitrogens is 3. The average Bonchev–Trinajstić information content (AvgIpc) is 2.72. The average molecular weight is 373 g/mol. The van der Waals surface area contributed by atoms with Gasteiger partial charge < -0.3 is 15.4 Å². The molecule has 4 aromatic rings. The molecule has 6 nitrogen and oxygen atoms in total. The minimum atomic E-state index is -0.390. The summed E-state index contributed by atoms with van der Waals surface area (Å²) in [6.07, 6.45) is 1.49. The Hall–Kier alpha value is -4.00. The summed E-state index contributed by atoms with van der Waals surface area (Å²) in [7, 11) is 0. The summed E-state index contributed by atoms with van der Waals surface area (Å²) in [4.78, 5) is 4.30. The van der Waals surface area contributed by atoms with Crippen molar-refractivity contribution in [3.05, 3.63) is 90.9 Å². The van der Waals surface area contributed by atoms with Gasteiger partial charge in [0.2, 0.25) is 5.95 Å². The van der Waals surface area contributed by atoms with Gasteiger partial charge in [-0.05, 0) is 48.5 Å². The van der Waals surface area contributed by atoms with Gasteiger partial charge >= 0.3 is 0 Å². The Balaban J connectivity index is 1.43. The van der Waals surface area contributed by atoms with Crippen molar-refractivity contribution in [1.29, 1.82) is 0 Å².